The smallest absolute Gasteiger partial charge is 0.254 e. The van der Waals surface area contributed by atoms with Crippen LogP contribution in [-0.4, -0.2) is 91.4 Å². The van der Waals surface area contributed by atoms with Gasteiger partial charge in [0.2, 0.25) is 0 Å². The van der Waals surface area contributed by atoms with Crippen LogP contribution in [0.3, 0.4) is 0 Å². The number of fused-ring (bicyclic) bond motifs is 3. The van der Waals surface area contributed by atoms with Crippen molar-refractivity contribution >= 4 is 11.7 Å². The van der Waals surface area contributed by atoms with Gasteiger partial charge in [-0.1, -0.05) is 30.3 Å². The van der Waals surface area contributed by atoms with Crippen molar-refractivity contribution < 1.29 is 33.6 Å². The van der Waals surface area contributed by atoms with Gasteiger partial charge in [-0.25, -0.2) is 0 Å². The number of hydrogen-bond acceptors (Lipinski definition) is 8. The van der Waals surface area contributed by atoms with Crippen molar-refractivity contribution in [2.24, 2.45) is 0 Å². The van der Waals surface area contributed by atoms with Gasteiger partial charge in [0, 0.05) is 42.7 Å². The average molecular weight is 643 g/mol. The summed E-state index contributed by atoms with van der Waals surface area (Å²) in [6.07, 6.45) is 3.44. The molecule has 1 N–H and O–H groups in total. The molecule has 1 amide bonds. The molecule has 9 nitrogen and oxygen atoms in total. The first kappa shape index (κ1) is 33.0. The van der Waals surface area contributed by atoms with Crippen LogP contribution in [0.2, 0.25) is 0 Å². The van der Waals surface area contributed by atoms with Crippen molar-refractivity contribution in [3.63, 3.8) is 0 Å². The first-order valence-corrected chi connectivity index (χ1v) is 16.8. The highest BCUT2D eigenvalue weighted by molar-refractivity contribution is 6.01. The number of Topliss-reactive ketones (excluding diaryl/α,β-unsaturated/α-hetero) is 1. The molecule has 0 spiro atoms. The van der Waals surface area contributed by atoms with Crippen molar-refractivity contribution in [1.82, 2.24) is 9.80 Å². The SMILES string of the molecule is CCOc1cc(C(=O)N2C3CCC2COC3)ccc1C(=O)CC[C@@H](O)CN(Cc1ccc(OC)cc1OC)C1Cc2ccccc2C1. The topological polar surface area (TPSA) is 97.8 Å². The summed E-state index contributed by atoms with van der Waals surface area (Å²) < 4.78 is 22.6. The summed E-state index contributed by atoms with van der Waals surface area (Å²) in [5, 5.41) is 11.3. The zero-order chi connectivity index (χ0) is 32.9. The van der Waals surface area contributed by atoms with Crippen LogP contribution in [0.1, 0.15) is 70.0 Å². The zero-order valence-electron chi connectivity index (χ0n) is 27.7. The van der Waals surface area contributed by atoms with Gasteiger partial charge < -0.3 is 29.0 Å². The number of carbonyl (C=O) groups is 2. The molecule has 2 bridgehead atoms. The van der Waals surface area contributed by atoms with Gasteiger partial charge in [0.1, 0.15) is 17.2 Å². The second-order valence-electron chi connectivity index (χ2n) is 12.8. The maximum absolute atomic E-state index is 13.5. The largest absolute Gasteiger partial charge is 0.497 e. The Morgan fingerprint density at radius 1 is 0.957 bits per heavy atom. The predicted octanol–water partition coefficient (Wildman–Crippen LogP) is 5.10. The highest BCUT2D eigenvalue weighted by Crippen LogP contribution is 2.33. The van der Waals surface area contributed by atoms with E-state index in [1.807, 2.05) is 30.0 Å². The van der Waals surface area contributed by atoms with E-state index >= 15 is 0 Å². The number of aliphatic hydroxyl groups excluding tert-OH is 1. The van der Waals surface area contributed by atoms with Crippen LogP contribution < -0.4 is 14.2 Å². The van der Waals surface area contributed by atoms with Crippen LogP contribution in [0.5, 0.6) is 17.2 Å². The Labute approximate surface area is 277 Å². The summed E-state index contributed by atoms with van der Waals surface area (Å²) >= 11 is 0. The molecule has 2 unspecified atom stereocenters. The zero-order valence-corrected chi connectivity index (χ0v) is 27.7. The number of ketones is 1. The number of hydrogen-bond donors (Lipinski definition) is 1. The highest BCUT2D eigenvalue weighted by Gasteiger charge is 2.41. The minimum Gasteiger partial charge on any atom is -0.497 e. The Morgan fingerprint density at radius 3 is 2.34 bits per heavy atom. The monoisotopic (exact) mass is 642 g/mol. The summed E-state index contributed by atoms with van der Waals surface area (Å²) in [4.78, 5) is 31.3. The molecule has 3 aromatic carbocycles. The standard InChI is InChI=1S/C38H46N2O7/c1-4-47-37-19-27(38(43)40-29-11-12-30(40)24-46-23-29)10-15-34(37)35(42)16-13-32(41)22-39(31-17-25-7-5-6-8-26(25)18-31)21-28-9-14-33(44-2)20-36(28)45-3/h5-10,14-15,19-20,29-32,41H,4,11-13,16-18,21-24H2,1-3H3/t29?,30?,32-/m1/s1. The third-order valence-corrected chi connectivity index (χ3v) is 9.87. The Kier molecular flexibility index (Phi) is 10.4. The second kappa shape index (κ2) is 14.9. The lowest BCUT2D eigenvalue weighted by atomic mass is 10.00. The van der Waals surface area contributed by atoms with Gasteiger partial charge in [-0.3, -0.25) is 14.5 Å². The fourth-order valence-electron chi connectivity index (χ4n) is 7.40. The van der Waals surface area contributed by atoms with Crippen LogP contribution in [0, 0.1) is 0 Å². The van der Waals surface area contributed by atoms with Crippen LogP contribution in [0.4, 0.5) is 0 Å². The molecule has 6 rings (SSSR count). The third-order valence-electron chi connectivity index (χ3n) is 9.87. The van der Waals surface area contributed by atoms with Crippen LogP contribution in [-0.2, 0) is 24.1 Å². The minimum absolute atomic E-state index is 0.0428. The van der Waals surface area contributed by atoms with Crippen LogP contribution in [0.15, 0.2) is 60.7 Å². The number of nitrogens with zero attached hydrogens (tertiary/aromatic N) is 2. The van der Waals surface area contributed by atoms with Gasteiger partial charge in [0.15, 0.2) is 5.78 Å². The van der Waals surface area contributed by atoms with Crippen molar-refractivity contribution in [2.75, 3.05) is 40.6 Å². The maximum atomic E-state index is 13.5. The van der Waals surface area contributed by atoms with Gasteiger partial charge in [-0.05, 0) is 74.4 Å². The Balaban J connectivity index is 1.13. The molecule has 0 aromatic heterocycles. The van der Waals surface area contributed by atoms with Gasteiger partial charge in [-0.2, -0.15) is 0 Å². The number of ether oxygens (including phenoxy) is 4. The molecular weight excluding hydrogens is 596 g/mol. The van der Waals surface area contributed by atoms with Crippen molar-refractivity contribution in [1.29, 1.82) is 0 Å². The van der Waals surface area contributed by atoms with E-state index < -0.39 is 6.10 Å². The number of benzene rings is 3. The first-order valence-electron chi connectivity index (χ1n) is 16.8. The van der Waals surface area contributed by atoms with Gasteiger partial charge in [0.25, 0.3) is 5.91 Å². The molecule has 9 heteroatoms. The summed E-state index contributed by atoms with van der Waals surface area (Å²) in [5.74, 6) is 1.71. The molecule has 47 heavy (non-hydrogen) atoms. The predicted molar refractivity (Wildman–Crippen MR) is 179 cm³/mol. The summed E-state index contributed by atoms with van der Waals surface area (Å²) in [5.41, 5.74) is 4.63. The number of amides is 1. The number of aliphatic hydroxyl groups is 1. The Bertz CT molecular complexity index is 1530. The quantitative estimate of drug-likeness (QED) is 0.243. The number of morpholine rings is 1. The third kappa shape index (κ3) is 7.32. The normalized spacial score (nSPS) is 19.5. The van der Waals surface area contributed by atoms with E-state index in [2.05, 4.69) is 29.2 Å². The molecule has 1 aliphatic carbocycles. The van der Waals surface area contributed by atoms with E-state index in [1.165, 1.54) is 11.1 Å². The Morgan fingerprint density at radius 2 is 1.68 bits per heavy atom. The summed E-state index contributed by atoms with van der Waals surface area (Å²) in [7, 11) is 3.29. The molecule has 0 saturated carbocycles. The molecule has 3 atom stereocenters. The molecule has 250 valence electrons. The highest BCUT2D eigenvalue weighted by atomic mass is 16.5. The Hall–Kier alpha value is -3.92. The lowest BCUT2D eigenvalue weighted by Gasteiger charge is -2.34. The lowest BCUT2D eigenvalue weighted by molar-refractivity contribution is -0.00717. The van der Waals surface area contributed by atoms with Crippen molar-refractivity contribution in [2.45, 2.75) is 76.2 Å². The number of carbonyl (C=O) groups excluding carboxylic acids is 2. The summed E-state index contributed by atoms with van der Waals surface area (Å²) in [6, 6.07) is 19.9. The first-order chi connectivity index (χ1) is 22.9. The molecule has 3 aliphatic rings. The van der Waals surface area contributed by atoms with Crippen LogP contribution in [0.25, 0.3) is 0 Å². The van der Waals surface area contributed by atoms with E-state index in [-0.39, 0.29) is 36.2 Å². The van der Waals surface area contributed by atoms with Gasteiger partial charge >= 0.3 is 0 Å². The van der Waals surface area contributed by atoms with Crippen molar-refractivity contribution in [3.8, 4) is 17.2 Å². The lowest BCUT2D eigenvalue weighted by Crippen LogP contribution is -2.49. The molecule has 2 aliphatic heterocycles. The maximum Gasteiger partial charge on any atom is 0.254 e. The van der Waals surface area contributed by atoms with Crippen LogP contribution >= 0.6 is 0 Å². The molecular formula is C38H46N2O7. The summed E-state index contributed by atoms with van der Waals surface area (Å²) in [6.45, 7) is 4.37. The van der Waals surface area contributed by atoms with Crippen molar-refractivity contribution in [3.05, 3.63) is 88.5 Å². The molecule has 3 aromatic rings. The van der Waals surface area contributed by atoms with E-state index in [9.17, 15) is 14.7 Å². The second-order valence-corrected chi connectivity index (χ2v) is 12.8. The molecule has 2 saturated heterocycles. The molecule has 2 fully saturated rings. The van der Waals surface area contributed by atoms with E-state index in [4.69, 9.17) is 18.9 Å². The van der Waals surface area contributed by atoms with Gasteiger partial charge in [-0.15, -0.1) is 0 Å². The van der Waals surface area contributed by atoms with E-state index in [0.29, 0.717) is 56.2 Å². The van der Waals surface area contributed by atoms with E-state index in [0.717, 1.165) is 42.7 Å². The average Bonchev–Trinajstić information content (AvgIpc) is 3.64. The van der Waals surface area contributed by atoms with E-state index in [1.54, 1.807) is 32.4 Å². The number of methoxy groups -OCH3 is 2. The minimum atomic E-state index is -0.722. The molecule has 0 radical (unpaired) electrons. The fraction of sp³-hybridized carbons (Fsp3) is 0.474. The molecule has 2 heterocycles. The fourth-order valence-corrected chi connectivity index (χ4v) is 7.40. The number of rotatable bonds is 14. The van der Waals surface area contributed by atoms with Gasteiger partial charge in [0.05, 0.1) is 57.8 Å².